The summed E-state index contributed by atoms with van der Waals surface area (Å²) in [6.45, 7) is 1.98. The Bertz CT molecular complexity index is 534. The summed E-state index contributed by atoms with van der Waals surface area (Å²) < 4.78 is 0. The molecule has 1 aromatic rings. The second kappa shape index (κ2) is 9.22. The van der Waals surface area contributed by atoms with Crippen molar-refractivity contribution in [3.8, 4) is 0 Å². The van der Waals surface area contributed by atoms with Crippen LogP contribution in [0.4, 0.5) is 0 Å². The first-order chi connectivity index (χ1) is 11.8. The molecule has 0 aliphatic heterocycles. The van der Waals surface area contributed by atoms with Gasteiger partial charge < -0.3 is 10.2 Å². The van der Waals surface area contributed by atoms with Crippen LogP contribution in [0.2, 0.25) is 0 Å². The zero-order valence-corrected chi connectivity index (χ0v) is 15.4. The predicted molar refractivity (Wildman–Crippen MR) is 106 cm³/mol. The standard InChI is InChI=1S/C21H30N2S/c24-21(22-20-14-8-3-9-15-20)23(16-18-10-4-1-5-11-18)17-19-12-6-2-7-13-19/h1-2,4-6,10-11,19-20H,3,7-9,12-17H2,(H,22,24)/t19-/m1/s1. The van der Waals surface area contributed by atoms with Gasteiger partial charge in [0.05, 0.1) is 0 Å². The van der Waals surface area contributed by atoms with Gasteiger partial charge in [0.15, 0.2) is 5.11 Å². The van der Waals surface area contributed by atoms with Crippen LogP contribution in [0.1, 0.15) is 56.9 Å². The highest BCUT2D eigenvalue weighted by atomic mass is 32.1. The summed E-state index contributed by atoms with van der Waals surface area (Å²) in [5, 5.41) is 4.63. The minimum absolute atomic E-state index is 0.579. The Kier molecular flexibility index (Phi) is 6.71. The molecule has 0 amide bonds. The molecule has 0 heterocycles. The first-order valence-electron chi connectivity index (χ1n) is 9.55. The third kappa shape index (κ3) is 5.34. The summed E-state index contributed by atoms with van der Waals surface area (Å²) in [6.07, 6.45) is 14.9. The van der Waals surface area contributed by atoms with E-state index in [-0.39, 0.29) is 0 Å². The fraction of sp³-hybridized carbons (Fsp3) is 0.571. The normalized spacial score (nSPS) is 21.4. The molecule has 1 atom stereocenters. The van der Waals surface area contributed by atoms with Crippen LogP contribution in [0.25, 0.3) is 0 Å². The monoisotopic (exact) mass is 342 g/mol. The molecule has 0 aromatic heterocycles. The Balaban J connectivity index is 1.63. The van der Waals surface area contributed by atoms with Crippen molar-refractivity contribution in [2.45, 2.75) is 64.0 Å². The summed E-state index contributed by atoms with van der Waals surface area (Å²) in [5.74, 6) is 0.727. The average molecular weight is 343 g/mol. The molecule has 1 aromatic carbocycles. The average Bonchev–Trinajstić information content (AvgIpc) is 2.64. The maximum Gasteiger partial charge on any atom is 0.169 e. The Morgan fingerprint density at radius 3 is 2.54 bits per heavy atom. The number of thiocarbonyl (C=S) groups is 1. The van der Waals surface area contributed by atoms with E-state index in [1.807, 2.05) is 0 Å². The van der Waals surface area contributed by atoms with Crippen molar-refractivity contribution in [1.82, 2.24) is 10.2 Å². The molecular weight excluding hydrogens is 312 g/mol. The van der Waals surface area contributed by atoms with E-state index < -0.39 is 0 Å². The van der Waals surface area contributed by atoms with E-state index in [0.717, 1.165) is 24.1 Å². The van der Waals surface area contributed by atoms with Crippen LogP contribution in [0.3, 0.4) is 0 Å². The van der Waals surface area contributed by atoms with Crippen LogP contribution >= 0.6 is 12.2 Å². The van der Waals surface area contributed by atoms with E-state index in [9.17, 15) is 0 Å². The molecule has 3 rings (SSSR count). The zero-order chi connectivity index (χ0) is 16.6. The minimum atomic E-state index is 0.579. The molecule has 1 N–H and O–H groups in total. The summed E-state index contributed by atoms with van der Waals surface area (Å²) >= 11 is 5.82. The van der Waals surface area contributed by atoms with Crippen molar-refractivity contribution in [3.05, 3.63) is 48.0 Å². The number of hydrogen-bond acceptors (Lipinski definition) is 1. The molecule has 3 heteroatoms. The molecule has 24 heavy (non-hydrogen) atoms. The highest BCUT2D eigenvalue weighted by Gasteiger charge is 2.20. The Morgan fingerprint density at radius 2 is 1.83 bits per heavy atom. The lowest BCUT2D eigenvalue weighted by molar-refractivity contribution is 0.303. The topological polar surface area (TPSA) is 15.3 Å². The maximum atomic E-state index is 5.82. The quantitative estimate of drug-likeness (QED) is 0.595. The van der Waals surface area contributed by atoms with Gasteiger partial charge in [0, 0.05) is 19.1 Å². The number of allylic oxidation sites excluding steroid dienone is 2. The van der Waals surface area contributed by atoms with E-state index in [1.54, 1.807) is 0 Å². The Labute approximate surface area is 152 Å². The summed E-state index contributed by atoms with van der Waals surface area (Å²) in [4.78, 5) is 2.41. The lowest BCUT2D eigenvalue weighted by atomic mass is 9.93. The molecule has 130 valence electrons. The van der Waals surface area contributed by atoms with E-state index >= 15 is 0 Å². The van der Waals surface area contributed by atoms with Gasteiger partial charge in [0.1, 0.15) is 0 Å². The van der Waals surface area contributed by atoms with Crippen molar-refractivity contribution in [2.24, 2.45) is 5.92 Å². The van der Waals surface area contributed by atoms with Crippen LogP contribution in [0.5, 0.6) is 0 Å². The van der Waals surface area contributed by atoms with Crippen molar-refractivity contribution in [2.75, 3.05) is 6.54 Å². The van der Waals surface area contributed by atoms with Gasteiger partial charge in [0.2, 0.25) is 0 Å². The molecule has 1 saturated carbocycles. The van der Waals surface area contributed by atoms with Gasteiger partial charge in [-0.25, -0.2) is 0 Å². The highest BCUT2D eigenvalue weighted by Crippen LogP contribution is 2.22. The van der Waals surface area contributed by atoms with Crippen LogP contribution in [0, 0.1) is 5.92 Å². The van der Waals surface area contributed by atoms with Gasteiger partial charge in [-0.2, -0.15) is 0 Å². The van der Waals surface area contributed by atoms with Crippen LogP contribution in [-0.2, 0) is 6.54 Å². The van der Waals surface area contributed by atoms with Crippen molar-refractivity contribution in [3.63, 3.8) is 0 Å². The third-order valence-corrected chi connectivity index (χ3v) is 5.67. The van der Waals surface area contributed by atoms with Crippen LogP contribution < -0.4 is 5.32 Å². The largest absolute Gasteiger partial charge is 0.360 e. The highest BCUT2D eigenvalue weighted by molar-refractivity contribution is 7.80. The molecule has 0 radical (unpaired) electrons. The molecule has 0 saturated heterocycles. The second-order valence-electron chi connectivity index (χ2n) is 7.30. The van der Waals surface area contributed by atoms with E-state index in [4.69, 9.17) is 12.2 Å². The number of nitrogens with one attached hydrogen (secondary N) is 1. The lowest BCUT2D eigenvalue weighted by Crippen LogP contribution is -2.46. The zero-order valence-electron chi connectivity index (χ0n) is 14.6. The van der Waals surface area contributed by atoms with Gasteiger partial charge >= 0.3 is 0 Å². The maximum absolute atomic E-state index is 5.82. The molecule has 1 fully saturated rings. The molecular formula is C21H30N2S. The van der Waals surface area contributed by atoms with Gasteiger partial charge in [0.25, 0.3) is 0 Å². The first kappa shape index (κ1) is 17.5. The van der Waals surface area contributed by atoms with Gasteiger partial charge in [-0.05, 0) is 55.8 Å². The molecule has 0 bridgehead atoms. The Hall–Kier alpha value is -1.35. The second-order valence-corrected chi connectivity index (χ2v) is 7.69. The van der Waals surface area contributed by atoms with Crippen LogP contribution in [-0.4, -0.2) is 22.6 Å². The van der Waals surface area contributed by atoms with Gasteiger partial charge in [-0.15, -0.1) is 0 Å². The fourth-order valence-corrected chi connectivity index (χ4v) is 4.18. The number of nitrogens with zero attached hydrogens (tertiary/aromatic N) is 1. The molecule has 2 aliphatic rings. The molecule has 0 unspecified atom stereocenters. The Morgan fingerprint density at radius 1 is 1.04 bits per heavy atom. The van der Waals surface area contributed by atoms with Gasteiger partial charge in [-0.3, -0.25) is 0 Å². The fourth-order valence-electron chi connectivity index (χ4n) is 3.87. The molecule has 0 spiro atoms. The third-order valence-electron chi connectivity index (χ3n) is 5.29. The SMILES string of the molecule is S=C(NC1CCCCC1)N(Cc1ccccc1)C[C@@H]1CC=CCC1. The van der Waals surface area contributed by atoms with Crippen molar-refractivity contribution >= 4 is 17.3 Å². The predicted octanol–water partition coefficient (Wildman–Crippen LogP) is 5.05. The molecule has 2 aliphatic carbocycles. The summed E-state index contributed by atoms with van der Waals surface area (Å²) in [7, 11) is 0. The number of rotatable bonds is 5. The van der Waals surface area contributed by atoms with E-state index in [0.29, 0.717) is 6.04 Å². The van der Waals surface area contributed by atoms with E-state index in [2.05, 4.69) is 52.7 Å². The molecule has 2 nitrogen and oxygen atoms in total. The van der Waals surface area contributed by atoms with Crippen LogP contribution in [0.15, 0.2) is 42.5 Å². The minimum Gasteiger partial charge on any atom is -0.360 e. The van der Waals surface area contributed by atoms with E-state index in [1.165, 1.54) is 56.9 Å². The summed E-state index contributed by atoms with van der Waals surface area (Å²) in [5.41, 5.74) is 1.34. The van der Waals surface area contributed by atoms with Crippen molar-refractivity contribution in [1.29, 1.82) is 0 Å². The van der Waals surface area contributed by atoms with Gasteiger partial charge in [-0.1, -0.05) is 61.7 Å². The first-order valence-corrected chi connectivity index (χ1v) is 9.96. The number of benzene rings is 1. The summed E-state index contributed by atoms with van der Waals surface area (Å²) in [6, 6.07) is 11.3. The lowest BCUT2D eigenvalue weighted by Gasteiger charge is -2.33. The van der Waals surface area contributed by atoms with Crippen molar-refractivity contribution < 1.29 is 0 Å². The smallest absolute Gasteiger partial charge is 0.169 e. The number of hydrogen-bond donors (Lipinski definition) is 1.